The lowest BCUT2D eigenvalue weighted by Crippen LogP contribution is -2.33. The quantitative estimate of drug-likeness (QED) is 0.855. The Balaban J connectivity index is 2.07. The third kappa shape index (κ3) is 3.94. The van der Waals surface area contributed by atoms with Crippen LogP contribution in [0.3, 0.4) is 0 Å². The zero-order valence-corrected chi connectivity index (χ0v) is 12.5. The molecule has 2 aromatic rings. The van der Waals surface area contributed by atoms with E-state index in [1.807, 2.05) is 30.3 Å². The predicted octanol–water partition coefficient (Wildman–Crippen LogP) is 2.63. The summed E-state index contributed by atoms with van der Waals surface area (Å²) in [4.78, 5) is 27.0. The molecule has 1 aromatic heterocycles. The van der Waals surface area contributed by atoms with Crippen molar-refractivity contribution in [2.45, 2.75) is 32.7 Å². The molecule has 0 aliphatic carbocycles. The zero-order valence-electron chi connectivity index (χ0n) is 12.5. The second-order valence-corrected chi connectivity index (χ2v) is 5.11. The monoisotopic (exact) mass is 302 g/mol. The van der Waals surface area contributed by atoms with E-state index in [0.717, 1.165) is 5.56 Å². The van der Waals surface area contributed by atoms with Gasteiger partial charge in [0.2, 0.25) is 11.7 Å². The Morgan fingerprint density at radius 3 is 2.64 bits per heavy atom. The lowest BCUT2D eigenvalue weighted by molar-refractivity contribution is -0.137. The van der Waals surface area contributed by atoms with Crippen molar-refractivity contribution in [3.8, 4) is 11.5 Å². The number of hydrogen-bond acceptors (Lipinski definition) is 4. The SMILES string of the molecule is Cc1nc(-c2ccccc2)oc1C(=O)NC(C)CCC(=O)O. The van der Waals surface area contributed by atoms with Crippen LogP contribution in [-0.4, -0.2) is 28.0 Å². The van der Waals surface area contributed by atoms with E-state index >= 15 is 0 Å². The number of aromatic nitrogens is 1. The van der Waals surface area contributed by atoms with Gasteiger partial charge >= 0.3 is 5.97 Å². The number of oxazole rings is 1. The molecule has 1 aromatic carbocycles. The summed E-state index contributed by atoms with van der Waals surface area (Å²) in [7, 11) is 0. The van der Waals surface area contributed by atoms with Gasteiger partial charge in [0.25, 0.3) is 5.91 Å². The van der Waals surface area contributed by atoms with Crippen LogP contribution in [0.5, 0.6) is 0 Å². The van der Waals surface area contributed by atoms with Gasteiger partial charge in [-0.3, -0.25) is 9.59 Å². The van der Waals surface area contributed by atoms with Crippen molar-refractivity contribution >= 4 is 11.9 Å². The first-order valence-corrected chi connectivity index (χ1v) is 7.03. The molecule has 1 unspecified atom stereocenters. The van der Waals surface area contributed by atoms with Crippen LogP contribution in [0.4, 0.5) is 0 Å². The highest BCUT2D eigenvalue weighted by molar-refractivity contribution is 5.93. The molecule has 0 fully saturated rings. The van der Waals surface area contributed by atoms with Crippen LogP contribution < -0.4 is 5.32 Å². The maximum Gasteiger partial charge on any atom is 0.303 e. The standard InChI is InChI=1S/C16H18N2O4/c1-10(8-9-13(19)20)17-15(21)14-11(2)18-16(22-14)12-6-4-3-5-7-12/h3-7,10H,8-9H2,1-2H3,(H,17,21)(H,19,20). The lowest BCUT2D eigenvalue weighted by Gasteiger charge is -2.11. The van der Waals surface area contributed by atoms with Crippen molar-refractivity contribution < 1.29 is 19.1 Å². The average Bonchev–Trinajstić information content (AvgIpc) is 2.88. The molecule has 0 aliphatic heterocycles. The Kier molecular flexibility index (Phi) is 4.93. The van der Waals surface area contributed by atoms with E-state index in [2.05, 4.69) is 10.3 Å². The molecule has 6 heteroatoms. The Labute approximate surface area is 128 Å². The number of carbonyl (C=O) groups excluding carboxylic acids is 1. The molecule has 6 nitrogen and oxygen atoms in total. The van der Waals surface area contributed by atoms with Gasteiger partial charge in [-0.05, 0) is 32.4 Å². The number of benzene rings is 1. The molecule has 22 heavy (non-hydrogen) atoms. The molecule has 1 heterocycles. The van der Waals surface area contributed by atoms with E-state index in [-0.39, 0.29) is 24.1 Å². The third-order valence-corrected chi connectivity index (χ3v) is 3.19. The number of rotatable bonds is 6. The lowest BCUT2D eigenvalue weighted by atomic mass is 10.2. The minimum Gasteiger partial charge on any atom is -0.481 e. The number of carboxylic acids is 1. The van der Waals surface area contributed by atoms with Crippen LogP contribution in [0.1, 0.15) is 36.0 Å². The molecule has 0 spiro atoms. The van der Waals surface area contributed by atoms with Gasteiger partial charge in [0.15, 0.2) is 0 Å². The highest BCUT2D eigenvalue weighted by Crippen LogP contribution is 2.21. The Bertz CT molecular complexity index is 664. The number of nitrogens with one attached hydrogen (secondary N) is 1. The van der Waals surface area contributed by atoms with Gasteiger partial charge in [0.1, 0.15) is 0 Å². The summed E-state index contributed by atoms with van der Waals surface area (Å²) in [6.45, 7) is 3.46. The third-order valence-electron chi connectivity index (χ3n) is 3.19. The van der Waals surface area contributed by atoms with Crippen LogP contribution in [0.15, 0.2) is 34.7 Å². The molecule has 0 bridgehead atoms. The van der Waals surface area contributed by atoms with Crippen molar-refractivity contribution in [1.82, 2.24) is 10.3 Å². The average molecular weight is 302 g/mol. The molecule has 1 amide bonds. The van der Waals surface area contributed by atoms with E-state index in [1.54, 1.807) is 13.8 Å². The maximum absolute atomic E-state index is 12.2. The molecule has 2 rings (SSSR count). The summed E-state index contributed by atoms with van der Waals surface area (Å²) in [6.07, 6.45) is 0.367. The second kappa shape index (κ2) is 6.89. The van der Waals surface area contributed by atoms with Gasteiger partial charge in [0.05, 0.1) is 5.69 Å². The maximum atomic E-state index is 12.2. The Morgan fingerprint density at radius 1 is 1.32 bits per heavy atom. The summed E-state index contributed by atoms with van der Waals surface area (Å²) in [5.41, 5.74) is 1.30. The van der Waals surface area contributed by atoms with E-state index in [9.17, 15) is 9.59 Å². The summed E-state index contributed by atoms with van der Waals surface area (Å²) in [5, 5.41) is 11.4. The first-order valence-electron chi connectivity index (χ1n) is 7.03. The minimum atomic E-state index is -0.886. The first kappa shape index (κ1) is 15.8. The molecule has 0 saturated heterocycles. The highest BCUT2D eigenvalue weighted by atomic mass is 16.4. The van der Waals surface area contributed by atoms with Gasteiger partial charge < -0.3 is 14.8 Å². The largest absolute Gasteiger partial charge is 0.481 e. The Hall–Kier alpha value is -2.63. The molecular formula is C16H18N2O4. The van der Waals surface area contributed by atoms with Gasteiger partial charge in [-0.25, -0.2) is 4.98 Å². The van der Waals surface area contributed by atoms with Crippen LogP contribution in [0, 0.1) is 6.92 Å². The number of aryl methyl sites for hydroxylation is 1. The van der Waals surface area contributed by atoms with E-state index in [0.29, 0.717) is 18.0 Å². The first-order chi connectivity index (χ1) is 10.5. The molecule has 1 atom stereocenters. The number of nitrogens with zero attached hydrogens (tertiary/aromatic N) is 1. The number of carboxylic acid groups (broad SMARTS) is 1. The summed E-state index contributed by atoms with van der Waals surface area (Å²) in [6, 6.07) is 9.06. The number of aliphatic carboxylic acids is 1. The van der Waals surface area contributed by atoms with Crippen molar-refractivity contribution in [3.63, 3.8) is 0 Å². The van der Waals surface area contributed by atoms with Crippen LogP contribution in [0.25, 0.3) is 11.5 Å². The Morgan fingerprint density at radius 2 is 2.00 bits per heavy atom. The van der Waals surface area contributed by atoms with Gasteiger partial charge in [-0.2, -0.15) is 0 Å². The fraction of sp³-hybridized carbons (Fsp3) is 0.312. The van der Waals surface area contributed by atoms with Gasteiger partial charge in [0, 0.05) is 18.0 Å². The molecule has 116 valence electrons. The summed E-state index contributed by atoms with van der Waals surface area (Å²) in [5.74, 6) is -0.726. The predicted molar refractivity (Wildman–Crippen MR) is 80.5 cm³/mol. The molecule has 0 radical (unpaired) electrons. The molecule has 0 aliphatic rings. The molecular weight excluding hydrogens is 284 g/mol. The highest BCUT2D eigenvalue weighted by Gasteiger charge is 2.19. The number of carbonyl (C=O) groups is 2. The van der Waals surface area contributed by atoms with Crippen molar-refractivity contribution in [3.05, 3.63) is 41.8 Å². The normalized spacial score (nSPS) is 11.9. The number of amides is 1. The second-order valence-electron chi connectivity index (χ2n) is 5.11. The molecule has 2 N–H and O–H groups in total. The fourth-order valence-electron chi connectivity index (χ4n) is 2.01. The van der Waals surface area contributed by atoms with Gasteiger partial charge in [-0.1, -0.05) is 18.2 Å². The summed E-state index contributed by atoms with van der Waals surface area (Å²) < 4.78 is 5.55. The fourth-order valence-corrected chi connectivity index (χ4v) is 2.01. The van der Waals surface area contributed by atoms with Crippen molar-refractivity contribution in [1.29, 1.82) is 0 Å². The molecule has 0 saturated carbocycles. The van der Waals surface area contributed by atoms with Crippen molar-refractivity contribution in [2.75, 3.05) is 0 Å². The summed E-state index contributed by atoms with van der Waals surface area (Å²) >= 11 is 0. The smallest absolute Gasteiger partial charge is 0.303 e. The van der Waals surface area contributed by atoms with Crippen molar-refractivity contribution in [2.24, 2.45) is 0 Å². The van der Waals surface area contributed by atoms with Crippen LogP contribution in [0.2, 0.25) is 0 Å². The van der Waals surface area contributed by atoms with E-state index in [1.165, 1.54) is 0 Å². The number of hydrogen-bond donors (Lipinski definition) is 2. The van der Waals surface area contributed by atoms with E-state index in [4.69, 9.17) is 9.52 Å². The van der Waals surface area contributed by atoms with Crippen LogP contribution in [-0.2, 0) is 4.79 Å². The van der Waals surface area contributed by atoms with E-state index < -0.39 is 5.97 Å². The van der Waals surface area contributed by atoms with Crippen LogP contribution >= 0.6 is 0 Å². The van der Waals surface area contributed by atoms with Gasteiger partial charge in [-0.15, -0.1) is 0 Å². The topological polar surface area (TPSA) is 92.4 Å². The minimum absolute atomic E-state index is 0.00605. The zero-order chi connectivity index (χ0) is 16.1.